The minimum atomic E-state index is -5.02. The van der Waals surface area contributed by atoms with Gasteiger partial charge >= 0.3 is 12.1 Å². The van der Waals surface area contributed by atoms with Crippen LogP contribution >= 0.6 is 0 Å². The fourth-order valence-electron chi connectivity index (χ4n) is 6.67. The number of hydrogen-bond donors (Lipinski definition) is 4. The van der Waals surface area contributed by atoms with Crippen LogP contribution in [-0.4, -0.2) is 98.5 Å². The number of carbonyl (C=O) groups is 2. The van der Waals surface area contributed by atoms with Crippen LogP contribution < -0.4 is 30.0 Å². The predicted molar refractivity (Wildman–Crippen MR) is 244 cm³/mol. The molecular formula is C45H50N8O11S2. The smallest absolute Gasteiger partial charge is 0.407 e. The number of hydrogen-bond acceptors (Lipinski definition) is 14. The molecule has 0 aliphatic rings. The van der Waals surface area contributed by atoms with E-state index in [1.165, 1.54) is 50.4 Å². The summed E-state index contributed by atoms with van der Waals surface area (Å²) >= 11 is 0. The van der Waals surface area contributed by atoms with E-state index in [0.717, 1.165) is 15.9 Å². The summed E-state index contributed by atoms with van der Waals surface area (Å²) in [6, 6.07) is 26.9. The van der Waals surface area contributed by atoms with Crippen LogP contribution in [0.5, 0.6) is 17.2 Å². The number of carbonyl (C=O) groups excluding carboxylic acids is 1. The third kappa shape index (κ3) is 11.8. The van der Waals surface area contributed by atoms with Crippen molar-refractivity contribution in [2.75, 3.05) is 40.2 Å². The Kier molecular flexibility index (Phi) is 15.0. The summed E-state index contributed by atoms with van der Waals surface area (Å²) in [6.45, 7) is 3.93. The van der Waals surface area contributed by atoms with Crippen molar-refractivity contribution in [3.8, 4) is 39.8 Å². The van der Waals surface area contributed by atoms with Gasteiger partial charge in [-0.1, -0.05) is 48.5 Å². The standard InChI is InChI=1S/C45H50N8O11S2/c1-45(2,3)64-44(56)47-23-24-48-65(57,58)39-22-20-36(32-13-21-38(46)37(25-32)43(54)55)40(42-49-51-53(50-42)28-31-11-18-35(63-6)19-12-31)41(39)66(59,60)52(26-29-7-14-33(61-4)15-8-29)27-30-9-16-34(62-5)17-10-30/h7-22,25,48H,23-24,26-28,46H2,1-6H3,(H,47,56)(H,54,55). The first kappa shape index (κ1) is 48.4. The minimum absolute atomic E-state index is 0.0412. The van der Waals surface area contributed by atoms with Gasteiger partial charge in [-0.05, 0) is 108 Å². The SMILES string of the molecule is COc1ccc(CN(Cc2ccc(OC)cc2)S(=O)(=O)c2c(S(=O)(=O)NCCNC(=O)OC(C)(C)C)ccc(-c3ccc(N)c(C(=O)O)c3)c2-c2nnn(Cc3ccc(OC)cc3)n2)cc1. The van der Waals surface area contributed by atoms with E-state index in [1.54, 1.807) is 93.6 Å². The second-order valence-electron chi connectivity index (χ2n) is 15.7. The molecule has 0 aliphatic carbocycles. The fraction of sp³-hybridized carbons (Fsp3) is 0.267. The zero-order valence-corrected chi connectivity index (χ0v) is 38.6. The zero-order valence-electron chi connectivity index (χ0n) is 37.0. The quantitative estimate of drug-likeness (QED) is 0.0573. The maximum absolute atomic E-state index is 15.9. The molecule has 0 atom stereocenters. The number of aromatic carboxylic acids is 1. The number of anilines is 1. The Bertz CT molecular complexity index is 2850. The third-order valence-corrected chi connectivity index (χ3v) is 13.4. The number of sulfonamides is 2. The number of carboxylic acid groups (broad SMARTS) is 1. The number of amides is 1. The predicted octanol–water partition coefficient (Wildman–Crippen LogP) is 5.56. The number of nitrogens with zero attached hydrogens (tertiary/aromatic N) is 5. The van der Waals surface area contributed by atoms with Crippen molar-refractivity contribution in [1.29, 1.82) is 0 Å². The van der Waals surface area contributed by atoms with Gasteiger partial charge in [0.25, 0.3) is 0 Å². The van der Waals surface area contributed by atoms with Crippen molar-refractivity contribution in [3.05, 3.63) is 125 Å². The highest BCUT2D eigenvalue weighted by Gasteiger charge is 2.38. The van der Waals surface area contributed by atoms with Crippen LogP contribution in [0, 0.1) is 0 Å². The second kappa shape index (κ2) is 20.4. The van der Waals surface area contributed by atoms with E-state index in [0.29, 0.717) is 28.4 Å². The van der Waals surface area contributed by atoms with Gasteiger partial charge in [0.1, 0.15) is 32.6 Å². The maximum Gasteiger partial charge on any atom is 0.407 e. The third-order valence-electron chi connectivity index (χ3n) is 9.88. The van der Waals surface area contributed by atoms with E-state index in [9.17, 15) is 23.1 Å². The Morgan fingerprint density at radius 1 is 0.758 bits per heavy atom. The molecule has 6 rings (SSSR count). The number of carboxylic acids is 1. The van der Waals surface area contributed by atoms with Gasteiger partial charge in [-0.3, -0.25) is 0 Å². The van der Waals surface area contributed by atoms with E-state index in [1.807, 2.05) is 0 Å². The lowest BCUT2D eigenvalue weighted by atomic mass is 9.97. The molecule has 6 aromatic rings. The van der Waals surface area contributed by atoms with Crippen LogP contribution in [0.15, 0.2) is 113 Å². The van der Waals surface area contributed by atoms with E-state index in [-0.39, 0.29) is 66.5 Å². The first-order chi connectivity index (χ1) is 31.3. The van der Waals surface area contributed by atoms with E-state index in [2.05, 4.69) is 25.4 Å². The number of nitrogens with one attached hydrogen (secondary N) is 2. The van der Waals surface area contributed by atoms with Crippen molar-refractivity contribution < 1.29 is 50.5 Å². The largest absolute Gasteiger partial charge is 0.497 e. The molecule has 21 heteroatoms. The first-order valence-corrected chi connectivity index (χ1v) is 23.2. The van der Waals surface area contributed by atoms with Gasteiger partial charge in [0, 0.05) is 31.9 Å². The van der Waals surface area contributed by atoms with E-state index >= 15 is 8.42 Å². The Labute approximate surface area is 382 Å². The molecule has 0 spiro atoms. The van der Waals surface area contributed by atoms with Gasteiger partial charge in [-0.25, -0.2) is 31.1 Å². The Morgan fingerprint density at radius 2 is 1.30 bits per heavy atom. The van der Waals surface area contributed by atoms with Gasteiger partial charge in [0.05, 0.1) is 39.0 Å². The van der Waals surface area contributed by atoms with Gasteiger partial charge in [-0.2, -0.15) is 9.10 Å². The maximum atomic E-state index is 15.9. The van der Waals surface area contributed by atoms with Crippen molar-refractivity contribution in [1.82, 2.24) is 34.6 Å². The number of nitrogen functional groups attached to an aromatic ring is 1. The number of rotatable bonds is 19. The summed E-state index contributed by atoms with van der Waals surface area (Å²) in [4.78, 5) is 24.5. The Morgan fingerprint density at radius 3 is 1.82 bits per heavy atom. The molecule has 0 aliphatic heterocycles. The highest BCUT2D eigenvalue weighted by Crippen LogP contribution is 2.42. The zero-order chi connectivity index (χ0) is 47.8. The Balaban J connectivity index is 1.60. The van der Waals surface area contributed by atoms with Crippen molar-refractivity contribution in [2.24, 2.45) is 0 Å². The molecule has 66 heavy (non-hydrogen) atoms. The van der Waals surface area contributed by atoms with Crippen LogP contribution in [0.3, 0.4) is 0 Å². The molecule has 1 heterocycles. The van der Waals surface area contributed by atoms with Gasteiger partial charge in [0.2, 0.25) is 25.9 Å². The average molecular weight is 943 g/mol. The number of aromatic nitrogens is 4. The number of alkyl carbamates (subject to hydrolysis) is 1. The molecule has 1 aromatic heterocycles. The van der Waals surface area contributed by atoms with Crippen molar-refractivity contribution in [2.45, 2.75) is 55.8 Å². The number of tetrazole rings is 1. The van der Waals surface area contributed by atoms with Crippen LogP contribution in [0.4, 0.5) is 10.5 Å². The summed E-state index contributed by atoms with van der Waals surface area (Å²) in [6.07, 6.45) is -0.794. The lowest BCUT2D eigenvalue weighted by Crippen LogP contribution is -2.38. The number of nitrogens with two attached hydrogens (primary N) is 1. The molecule has 0 bridgehead atoms. The molecule has 0 saturated carbocycles. The molecule has 0 fully saturated rings. The molecule has 5 aromatic carbocycles. The van der Waals surface area contributed by atoms with Crippen LogP contribution in [0.1, 0.15) is 47.8 Å². The first-order valence-electron chi connectivity index (χ1n) is 20.3. The molecule has 0 radical (unpaired) electrons. The number of ether oxygens (including phenoxy) is 4. The summed E-state index contributed by atoms with van der Waals surface area (Å²) in [5, 5.41) is 25.7. The van der Waals surface area contributed by atoms with E-state index < -0.39 is 47.5 Å². The van der Waals surface area contributed by atoms with Crippen LogP contribution in [0.2, 0.25) is 0 Å². The van der Waals surface area contributed by atoms with Crippen molar-refractivity contribution >= 4 is 37.8 Å². The van der Waals surface area contributed by atoms with Crippen LogP contribution in [-0.2, 0) is 44.4 Å². The second-order valence-corrected chi connectivity index (χ2v) is 19.3. The molecular weight excluding hydrogens is 893 g/mol. The lowest BCUT2D eigenvalue weighted by molar-refractivity contribution is 0.0528. The van der Waals surface area contributed by atoms with Crippen LogP contribution in [0.25, 0.3) is 22.5 Å². The molecule has 5 N–H and O–H groups in total. The summed E-state index contributed by atoms with van der Waals surface area (Å²) in [7, 11) is -5.30. The average Bonchev–Trinajstić information content (AvgIpc) is 3.75. The van der Waals surface area contributed by atoms with E-state index in [4.69, 9.17) is 24.7 Å². The minimum Gasteiger partial charge on any atom is -0.497 e. The number of methoxy groups -OCH3 is 3. The summed E-state index contributed by atoms with van der Waals surface area (Å²) < 4.78 is 85.8. The monoisotopic (exact) mass is 942 g/mol. The topological polar surface area (TPSA) is 256 Å². The molecule has 0 saturated heterocycles. The molecule has 19 nitrogen and oxygen atoms in total. The lowest BCUT2D eigenvalue weighted by Gasteiger charge is -2.26. The van der Waals surface area contributed by atoms with Gasteiger partial charge in [0.15, 0.2) is 0 Å². The molecule has 348 valence electrons. The molecule has 0 unspecified atom stereocenters. The van der Waals surface area contributed by atoms with Crippen molar-refractivity contribution in [3.63, 3.8) is 0 Å². The highest BCUT2D eigenvalue weighted by molar-refractivity contribution is 7.92. The summed E-state index contributed by atoms with van der Waals surface area (Å²) in [5.74, 6) is -0.0150. The van der Waals surface area contributed by atoms with Gasteiger partial charge < -0.3 is 35.1 Å². The normalized spacial score (nSPS) is 11.9. The number of benzene rings is 5. The Hall–Kier alpha value is -7.07. The fourth-order valence-corrected chi connectivity index (χ4v) is 10.1. The van der Waals surface area contributed by atoms with Gasteiger partial charge in [-0.15, -0.1) is 10.2 Å². The highest BCUT2D eigenvalue weighted by atomic mass is 32.2. The molecule has 1 amide bonds. The summed E-state index contributed by atoms with van der Waals surface area (Å²) in [5.41, 5.74) is 6.52.